The largest absolute Gasteiger partial charge is 0.495 e. The lowest BCUT2D eigenvalue weighted by molar-refractivity contribution is -0.129. The van der Waals surface area contributed by atoms with Crippen LogP contribution in [-0.4, -0.2) is 76.6 Å². The molecule has 0 radical (unpaired) electrons. The SMILES string of the molecule is COc1ccc(-n2c(SCC(=O)N3CCN(C)CC3)nnc2-c2ccccc2)cc1Cl. The maximum atomic E-state index is 12.7. The van der Waals surface area contributed by atoms with Gasteiger partial charge in [-0.05, 0) is 25.2 Å². The zero-order chi connectivity index (χ0) is 21.8. The zero-order valence-electron chi connectivity index (χ0n) is 17.5. The molecule has 0 bridgehead atoms. The quantitative estimate of drug-likeness (QED) is 0.528. The number of hydrogen-bond acceptors (Lipinski definition) is 6. The van der Waals surface area contributed by atoms with Gasteiger partial charge in [-0.2, -0.15) is 0 Å². The number of nitrogens with zero attached hydrogens (tertiary/aromatic N) is 5. The van der Waals surface area contributed by atoms with Crippen LogP contribution in [0.25, 0.3) is 17.1 Å². The number of ether oxygens (including phenoxy) is 1. The minimum atomic E-state index is 0.113. The molecule has 1 saturated heterocycles. The van der Waals surface area contributed by atoms with Crippen molar-refractivity contribution in [1.82, 2.24) is 24.6 Å². The average Bonchev–Trinajstić information content (AvgIpc) is 3.22. The van der Waals surface area contributed by atoms with E-state index in [-0.39, 0.29) is 5.91 Å². The molecule has 1 aliphatic rings. The lowest BCUT2D eigenvalue weighted by Crippen LogP contribution is -2.47. The summed E-state index contributed by atoms with van der Waals surface area (Å²) in [7, 11) is 3.66. The van der Waals surface area contributed by atoms with Crippen LogP contribution in [0.5, 0.6) is 5.75 Å². The van der Waals surface area contributed by atoms with Gasteiger partial charge >= 0.3 is 0 Å². The standard InChI is InChI=1S/C22H24ClN5O2S/c1-26-10-12-27(13-11-26)20(29)15-31-22-25-24-21(16-6-4-3-5-7-16)28(22)17-8-9-19(30-2)18(23)14-17/h3-9,14H,10-13,15H2,1-2H3. The first-order valence-corrected chi connectivity index (χ1v) is 11.4. The van der Waals surface area contributed by atoms with Gasteiger partial charge in [-0.15, -0.1) is 10.2 Å². The van der Waals surface area contributed by atoms with Crippen LogP contribution in [0.4, 0.5) is 0 Å². The highest BCUT2D eigenvalue weighted by Crippen LogP contribution is 2.32. The molecule has 1 aromatic heterocycles. The minimum Gasteiger partial charge on any atom is -0.495 e. The molecule has 4 rings (SSSR count). The zero-order valence-corrected chi connectivity index (χ0v) is 19.1. The highest BCUT2D eigenvalue weighted by atomic mass is 35.5. The van der Waals surface area contributed by atoms with Gasteiger partial charge in [0.2, 0.25) is 5.91 Å². The highest BCUT2D eigenvalue weighted by Gasteiger charge is 2.22. The van der Waals surface area contributed by atoms with Crippen LogP contribution in [0.3, 0.4) is 0 Å². The number of methoxy groups -OCH3 is 1. The molecule has 0 N–H and O–H groups in total. The molecule has 1 amide bonds. The molecule has 3 aromatic rings. The van der Waals surface area contributed by atoms with E-state index in [2.05, 4.69) is 22.1 Å². The lowest BCUT2D eigenvalue weighted by Gasteiger charge is -2.32. The Bertz CT molecular complexity index is 1050. The predicted molar refractivity (Wildman–Crippen MR) is 123 cm³/mol. The summed E-state index contributed by atoms with van der Waals surface area (Å²) in [4.78, 5) is 16.9. The number of carbonyl (C=O) groups is 1. The Morgan fingerprint density at radius 2 is 1.84 bits per heavy atom. The van der Waals surface area contributed by atoms with Gasteiger partial charge in [0.25, 0.3) is 0 Å². The minimum absolute atomic E-state index is 0.113. The van der Waals surface area contributed by atoms with Gasteiger partial charge in [0.15, 0.2) is 11.0 Å². The van der Waals surface area contributed by atoms with Crippen molar-refractivity contribution in [2.75, 3.05) is 46.1 Å². The molecule has 0 aliphatic carbocycles. The maximum absolute atomic E-state index is 12.7. The third-order valence-corrected chi connectivity index (χ3v) is 6.45. The normalized spacial score (nSPS) is 14.6. The van der Waals surface area contributed by atoms with Gasteiger partial charge < -0.3 is 14.5 Å². The third-order valence-electron chi connectivity index (χ3n) is 5.24. The molecule has 9 heteroatoms. The number of amides is 1. The number of piperazine rings is 1. The summed E-state index contributed by atoms with van der Waals surface area (Å²) in [5, 5.41) is 9.95. The van der Waals surface area contributed by atoms with Crippen molar-refractivity contribution in [3.05, 3.63) is 53.6 Å². The first-order valence-electron chi connectivity index (χ1n) is 10.0. The average molecular weight is 458 g/mol. The van der Waals surface area contributed by atoms with Gasteiger partial charge in [0.05, 0.1) is 23.6 Å². The fourth-order valence-electron chi connectivity index (χ4n) is 3.44. The first-order chi connectivity index (χ1) is 15.1. The number of hydrogen-bond donors (Lipinski definition) is 0. The molecule has 2 heterocycles. The van der Waals surface area contributed by atoms with Crippen molar-refractivity contribution in [2.24, 2.45) is 0 Å². The molecular formula is C22H24ClN5O2S. The predicted octanol–water partition coefficient (Wildman–Crippen LogP) is 3.46. The summed E-state index contributed by atoms with van der Waals surface area (Å²) in [6.45, 7) is 3.31. The van der Waals surface area contributed by atoms with Crippen LogP contribution in [0.1, 0.15) is 0 Å². The maximum Gasteiger partial charge on any atom is 0.233 e. The molecule has 0 spiro atoms. The van der Waals surface area contributed by atoms with Gasteiger partial charge in [0, 0.05) is 31.7 Å². The summed E-state index contributed by atoms with van der Waals surface area (Å²) in [5.74, 6) is 1.71. The van der Waals surface area contributed by atoms with E-state index in [1.807, 2.05) is 58.0 Å². The van der Waals surface area contributed by atoms with Crippen LogP contribution in [0, 0.1) is 0 Å². The molecule has 0 atom stereocenters. The molecule has 162 valence electrons. The highest BCUT2D eigenvalue weighted by molar-refractivity contribution is 7.99. The molecule has 0 saturated carbocycles. The van der Waals surface area contributed by atoms with E-state index in [1.165, 1.54) is 11.8 Å². The Morgan fingerprint density at radius 1 is 1.10 bits per heavy atom. The number of carbonyl (C=O) groups excluding carboxylic acids is 1. The summed E-state index contributed by atoms with van der Waals surface area (Å²) in [5.41, 5.74) is 1.74. The molecule has 7 nitrogen and oxygen atoms in total. The van der Waals surface area contributed by atoms with Crippen molar-refractivity contribution in [2.45, 2.75) is 5.16 Å². The number of halogens is 1. The Balaban J connectivity index is 1.63. The van der Waals surface area contributed by atoms with Crippen LogP contribution >= 0.6 is 23.4 Å². The van der Waals surface area contributed by atoms with Crippen LogP contribution in [0.15, 0.2) is 53.7 Å². The number of aromatic nitrogens is 3. The summed E-state index contributed by atoms with van der Waals surface area (Å²) >= 11 is 7.77. The Kier molecular flexibility index (Phi) is 6.80. The molecule has 31 heavy (non-hydrogen) atoms. The van der Waals surface area contributed by atoms with E-state index in [0.717, 1.165) is 37.4 Å². The van der Waals surface area contributed by atoms with Crippen LogP contribution in [0.2, 0.25) is 5.02 Å². The van der Waals surface area contributed by atoms with Gasteiger partial charge in [-0.1, -0.05) is 53.7 Å². The topological polar surface area (TPSA) is 63.5 Å². The van der Waals surface area contributed by atoms with Gasteiger partial charge in [-0.3, -0.25) is 9.36 Å². The van der Waals surface area contributed by atoms with Crippen molar-refractivity contribution in [1.29, 1.82) is 0 Å². The van der Waals surface area contributed by atoms with E-state index >= 15 is 0 Å². The van der Waals surface area contributed by atoms with E-state index < -0.39 is 0 Å². The van der Waals surface area contributed by atoms with Gasteiger partial charge in [0.1, 0.15) is 5.75 Å². The smallest absolute Gasteiger partial charge is 0.233 e. The van der Waals surface area contributed by atoms with E-state index in [9.17, 15) is 4.79 Å². The molecule has 1 aliphatic heterocycles. The lowest BCUT2D eigenvalue weighted by atomic mass is 10.2. The van der Waals surface area contributed by atoms with Crippen molar-refractivity contribution < 1.29 is 9.53 Å². The number of likely N-dealkylation sites (N-methyl/N-ethyl adjacent to an activating group) is 1. The van der Waals surface area contributed by atoms with E-state index in [1.54, 1.807) is 7.11 Å². The van der Waals surface area contributed by atoms with E-state index in [4.69, 9.17) is 16.3 Å². The fourth-order valence-corrected chi connectivity index (χ4v) is 4.54. The number of rotatable bonds is 6. The van der Waals surface area contributed by atoms with Gasteiger partial charge in [-0.25, -0.2) is 0 Å². The number of benzene rings is 2. The van der Waals surface area contributed by atoms with E-state index in [0.29, 0.717) is 27.5 Å². The van der Waals surface area contributed by atoms with Crippen molar-refractivity contribution in [3.8, 4) is 22.8 Å². The second-order valence-corrected chi connectivity index (χ2v) is 8.65. The first kappa shape index (κ1) is 21.7. The molecular weight excluding hydrogens is 434 g/mol. The second kappa shape index (κ2) is 9.72. The Labute approximate surface area is 191 Å². The number of thioether (sulfide) groups is 1. The van der Waals surface area contributed by atoms with Crippen LogP contribution < -0.4 is 4.74 Å². The summed E-state index contributed by atoms with van der Waals surface area (Å²) in [6, 6.07) is 15.4. The van der Waals surface area contributed by atoms with Crippen LogP contribution in [-0.2, 0) is 4.79 Å². The summed E-state index contributed by atoms with van der Waals surface area (Å²) in [6.07, 6.45) is 0. The van der Waals surface area contributed by atoms with Crippen molar-refractivity contribution in [3.63, 3.8) is 0 Å². The third kappa shape index (κ3) is 4.87. The monoisotopic (exact) mass is 457 g/mol. The Morgan fingerprint density at radius 3 is 2.52 bits per heavy atom. The van der Waals surface area contributed by atoms with Crippen molar-refractivity contribution >= 4 is 29.3 Å². The Hall–Kier alpha value is -2.55. The molecule has 0 unspecified atom stereocenters. The molecule has 2 aromatic carbocycles. The summed E-state index contributed by atoms with van der Waals surface area (Å²) < 4.78 is 7.22. The fraction of sp³-hybridized carbons (Fsp3) is 0.318. The second-order valence-electron chi connectivity index (χ2n) is 7.30. The molecule has 1 fully saturated rings.